The van der Waals surface area contributed by atoms with E-state index in [1.165, 1.54) is 10.4 Å². The SMILES string of the molecule is CO[C@H]1C[C@H](c2nc(C)no2)N(S(=O)(=O)c2cc(Cl)cc3c2OCC3)C1. The van der Waals surface area contributed by atoms with Crippen molar-refractivity contribution in [1.29, 1.82) is 0 Å². The van der Waals surface area contributed by atoms with Crippen molar-refractivity contribution in [1.82, 2.24) is 14.4 Å². The summed E-state index contributed by atoms with van der Waals surface area (Å²) in [6.45, 7) is 2.31. The average molecular weight is 400 g/mol. The van der Waals surface area contributed by atoms with Crippen LogP contribution in [0.5, 0.6) is 5.75 Å². The third kappa shape index (κ3) is 2.88. The lowest BCUT2D eigenvalue weighted by molar-refractivity contribution is 0.114. The van der Waals surface area contributed by atoms with Crippen LogP contribution in [0.4, 0.5) is 0 Å². The summed E-state index contributed by atoms with van der Waals surface area (Å²) in [5, 5.41) is 4.14. The number of nitrogens with zero attached hydrogens (tertiary/aromatic N) is 3. The third-order valence-corrected chi connectivity index (χ3v) is 6.78. The molecule has 1 fully saturated rings. The lowest BCUT2D eigenvalue weighted by Gasteiger charge is -2.22. The van der Waals surface area contributed by atoms with Crippen molar-refractivity contribution in [3.63, 3.8) is 0 Å². The van der Waals surface area contributed by atoms with E-state index in [9.17, 15) is 8.42 Å². The molecule has 0 saturated carbocycles. The summed E-state index contributed by atoms with van der Waals surface area (Å²) in [5.74, 6) is 1.08. The minimum absolute atomic E-state index is 0.0653. The van der Waals surface area contributed by atoms with E-state index < -0.39 is 16.1 Å². The highest BCUT2D eigenvalue weighted by molar-refractivity contribution is 7.89. The van der Waals surface area contributed by atoms with Gasteiger partial charge in [-0.1, -0.05) is 16.8 Å². The molecular weight excluding hydrogens is 382 g/mol. The molecule has 0 unspecified atom stereocenters. The van der Waals surface area contributed by atoms with Gasteiger partial charge in [0.2, 0.25) is 15.9 Å². The zero-order chi connectivity index (χ0) is 18.5. The summed E-state index contributed by atoms with van der Waals surface area (Å²) in [5.41, 5.74) is 0.795. The van der Waals surface area contributed by atoms with E-state index in [-0.39, 0.29) is 23.4 Å². The van der Waals surface area contributed by atoms with Gasteiger partial charge in [0.05, 0.1) is 12.7 Å². The lowest BCUT2D eigenvalue weighted by atomic mass is 10.2. The molecule has 0 spiro atoms. The number of hydrogen-bond donors (Lipinski definition) is 0. The van der Waals surface area contributed by atoms with Crippen LogP contribution in [0.1, 0.15) is 29.7 Å². The van der Waals surface area contributed by atoms with Crippen LogP contribution in [0.2, 0.25) is 5.02 Å². The van der Waals surface area contributed by atoms with Crippen molar-refractivity contribution in [3.8, 4) is 5.75 Å². The molecule has 2 atom stereocenters. The van der Waals surface area contributed by atoms with Crippen LogP contribution in [0.3, 0.4) is 0 Å². The Labute approximate surface area is 156 Å². The predicted octanol–water partition coefficient (Wildman–Crippen LogP) is 2.12. The van der Waals surface area contributed by atoms with Gasteiger partial charge < -0.3 is 14.0 Å². The van der Waals surface area contributed by atoms with E-state index in [1.807, 2.05) is 0 Å². The van der Waals surface area contributed by atoms with Gasteiger partial charge in [-0.05, 0) is 19.1 Å². The molecule has 1 aromatic carbocycles. The van der Waals surface area contributed by atoms with Gasteiger partial charge in [-0.15, -0.1) is 0 Å². The maximum Gasteiger partial charge on any atom is 0.247 e. The minimum atomic E-state index is -3.90. The molecule has 0 aliphatic carbocycles. The molecule has 3 heterocycles. The van der Waals surface area contributed by atoms with E-state index >= 15 is 0 Å². The number of benzene rings is 1. The predicted molar refractivity (Wildman–Crippen MR) is 91.7 cm³/mol. The number of rotatable bonds is 4. The maximum atomic E-state index is 13.4. The molecule has 2 aromatic rings. The molecule has 0 radical (unpaired) electrons. The quantitative estimate of drug-likeness (QED) is 0.776. The van der Waals surface area contributed by atoms with Gasteiger partial charge >= 0.3 is 0 Å². The summed E-state index contributed by atoms with van der Waals surface area (Å²) in [6, 6.07) is 2.57. The number of ether oxygens (including phenoxy) is 2. The topological polar surface area (TPSA) is 94.8 Å². The molecule has 0 amide bonds. The Morgan fingerprint density at radius 1 is 1.38 bits per heavy atom. The molecule has 10 heteroatoms. The van der Waals surface area contributed by atoms with Crippen LogP contribution in [0, 0.1) is 6.92 Å². The molecule has 8 nitrogen and oxygen atoms in total. The molecule has 1 aromatic heterocycles. The second kappa shape index (κ2) is 6.49. The van der Waals surface area contributed by atoms with Gasteiger partial charge in [-0.2, -0.15) is 9.29 Å². The van der Waals surface area contributed by atoms with E-state index in [0.29, 0.717) is 36.0 Å². The molecule has 4 rings (SSSR count). The second-order valence-corrected chi connectivity index (χ2v) is 8.65. The van der Waals surface area contributed by atoms with Gasteiger partial charge in [0, 0.05) is 37.1 Å². The van der Waals surface area contributed by atoms with Crippen LogP contribution in [0.25, 0.3) is 0 Å². The van der Waals surface area contributed by atoms with Gasteiger partial charge in [-0.25, -0.2) is 8.42 Å². The number of aryl methyl sites for hydroxylation is 1. The van der Waals surface area contributed by atoms with Crippen molar-refractivity contribution in [2.45, 2.75) is 36.8 Å². The number of hydrogen-bond acceptors (Lipinski definition) is 7. The third-order valence-electron chi connectivity index (χ3n) is 4.68. The molecular formula is C16H18ClN3O5S. The Morgan fingerprint density at radius 3 is 2.88 bits per heavy atom. The monoisotopic (exact) mass is 399 g/mol. The van der Waals surface area contributed by atoms with Crippen LogP contribution in [-0.4, -0.2) is 49.2 Å². The van der Waals surface area contributed by atoms with Gasteiger partial charge in [0.15, 0.2) is 5.82 Å². The Hall–Kier alpha value is -1.68. The highest BCUT2D eigenvalue weighted by atomic mass is 35.5. The first-order valence-corrected chi connectivity index (χ1v) is 10.0. The summed E-state index contributed by atoms with van der Waals surface area (Å²) >= 11 is 6.15. The molecule has 2 aliphatic rings. The summed E-state index contributed by atoms with van der Waals surface area (Å²) in [4.78, 5) is 4.28. The van der Waals surface area contributed by atoms with E-state index in [2.05, 4.69) is 10.1 Å². The van der Waals surface area contributed by atoms with E-state index in [1.54, 1.807) is 20.1 Å². The van der Waals surface area contributed by atoms with E-state index in [0.717, 1.165) is 5.56 Å². The normalized spacial score (nSPS) is 23.2. The van der Waals surface area contributed by atoms with E-state index in [4.69, 9.17) is 25.6 Å². The molecule has 140 valence electrons. The minimum Gasteiger partial charge on any atom is -0.492 e. The number of sulfonamides is 1. The number of halogens is 1. The van der Waals surface area contributed by atoms with Crippen molar-refractivity contribution >= 4 is 21.6 Å². The number of methoxy groups -OCH3 is 1. The van der Waals surface area contributed by atoms with Crippen molar-refractivity contribution in [2.24, 2.45) is 0 Å². The fourth-order valence-corrected chi connectivity index (χ4v) is 5.56. The lowest BCUT2D eigenvalue weighted by Crippen LogP contribution is -2.32. The summed E-state index contributed by atoms with van der Waals surface area (Å²) in [7, 11) is -2.35. The smallest absolute Gasteiger partial charge is 0.247 e. The Bertz CT molecular complexity index is 945. The van der Waals surface area contributed by atoms with Crippen molar-refractivity contribution in [2.75, 3.05) is 20.3 Å². The number of fused-ring (bicyclic) bond motifs is 1. The summed E-state index contributed by atoms with van der Waals surface area (Å²) < 4.78 is 44.4. The van der Waals surface area contributed by atoms with Crippen LogP contribution >= 0.6 is 11.6 Å². The first-order valence-electron chi connectivity index (χ1n) is 8.20. The van der Waals surface area contributed by atoms with Crippen LogP contribution in [-0.2, 0) is 21.2 Å². The highest BCUT2D eigenvalue weighted by Gasteiger charge is 2.45. The first-order chi connectivity index (χ1) is 12.4. The molecule has 2 aliphatic heterocycles. The highest BCUT2D eigenvalue weighted by Crippen LogP contribution is 2.42. The van der Waals surface area contributed by atoms with Crippen molar-refractivity contribution in [3.05, 3.63) is 34.4 Å². The Balaban J connectivity index is 1.79. The Morgan fingerprint density at radius 2 is 2.19 bits per heavy atom. The standard InChI is InChI=1S/C16H18ClN3O5S/c1-9-18-16(25-19-9)13-7-12(23-2)8-20(13)26(21,22)14-6-11(17)5-10-3-4-24-15(10)14/h5-6,12-13H,3-4,7-8H2,1-2H3/t12-,13+/m0/s1. The van der Waals surface area contributed by atoms with Crippen LogP contribution < -0.4 is 4.74 Å². The zero-order valence-corrected chi connectivity index (χ0v) is 15.9. The molecule has 26 heavy (non-hydrogen) atoms. The van der Waals surface area contributed by atoms with Gasteiger partial charge in [-0.3, -0.25) is 0 Å². The molecule has 0 N–H and O–H groups in total. The van der Waals surface area contributed by atoms with Crippen molar-refractivity contribution < 1.29 is 22.4 Å². The van der Waals surface area contributed by atoms with Crippen LogP contribution in [0.15, 0.2) is 21.6 Å². The Kier molecular flexibility index (Phi) is 4.42. The fourth-order valence-electron chi connectivity index (χ4n) is 3.43. The second-order valence-electron chi connectivity index (χ2n) is 6.35. The zero-order valence-electron chi connectivity index (χ0n) is 14.3. The van der Waals surface area contributed by atoms with Gasteiger partial charge in [0.25, 0.3) is 0 Å². The largest absolute Gasteiger partial charge is 0.492 e. The number of aromatic nitrogens is 2. The van der Waals surface area contributed by atoms with Gasteiger partial charge in [0.1, 0.15) is 16.7 Å². The molecule has 1 saturated heterocycles. The average Bonchev–Trinajstić information content (AvgIpc) is 3.31. The molecule has 0 bridgehead atoms. The fraction of sp³-hybridized carbons (Fsp3) is 0.500. The maximum absolute atomic E-state index is 13.4. The first kappa shape index (κ1) is 17.7. The summed E-state index contributed by atoms with van der Waals surface area (Å²) in [6.07, 6.45) is 0.793.